The minimum Gasteiger partial charge on any atom is -0.144 e. The fraction of sp³-hybridized carbons (Fsp3) is 0.525. The maximum atomic E-state index is 2.62. The molecule has 0 fully saturated rings. The summed E-state index contributed by atoms with van der Waals surface area (Å²) in [6.45, 7) is 38.1. The molecule has 0 radical (unpaired) electrons. The zero-order valence-corrected chi connectivity index (χ0v) is 93.0. The molecule has 0 saturated carbocycles. The summed E-state index contributed by atoms with van der Waals surface area (Å²) in [6.07, 6.45) is 103. The van der Waals surface area contributed by atoms with E-state index in [1.165, 1.54) is 293 Å². The van der Waals surface area contributed by atoms with Crippen LogP contribution in [0.2, 0.25) is 0 Å². The third-order valence-electron chi connectivity index (χ3n) is 26.5. The van der Waals surface area contributed by atoms with Crippen LogP contribution in [-0.4, -0.2) is 0 Å². The van der Waals surface area contributed by atoms with E-state index in [1.54, 1.807) is 89.0 Å². The van der Waals surface area contributed by atoms with E-state index in [4.69, 9.17) is 0 Å². The molecule has 0 aliphatic rings. The van der Waals surface area contributed by atoms with Crippen LogP contribution in [0.5, 0.6) is 0 Å². The van der Waals surface area contributed by atoms with E-state index in [1.807, 2.05) is 45.3 Å². The molecule has 10 rings (SSSR count). The highest BCUT2D eigenvalue weighted by molar-refractivity contribution is 7.18. The Balaban J connectivity index is 1.03. The van der Waals surface area contributed by atoms with Gasteiger partial charge in [-0.3, -0.25) is 0 Å². The Morgan fingerprint density at radius 1 is 0.144 bits per heavy atom. The maximum Gasteiger partial charge on any atom is 0.0312 e. The van der Waals surface area contributed by atoms with Gasteiger partial charge in [-0.2, -0.15) is 0 Å². The minimum atomic E-state index is 1.14. The first-order chi connectivity index (χ1) is 64.9. The molecule has 0 aliphatic carbocycles. The molecule has 0 aliphatic heterocycles. The summed E-state index contributed by atoms with van der Waals surface area (Å²) in [7, 11) is 0. The standard InChI is InChI=1S/C122H168S10/c1-17-33-53-91-93(55-35-19-3)109(125-107(91)71-69-89-51-49-87-123-89)73-75-111-95(57-37-21-5)97(59-39-23-7)113(127-111)77-79-115-99(61-41-25-9)101(63-43-27-11)117(129-115)81-83-119-103(65-45-29-13)105(67-47-31-15)121(131-119)85-86-122-106(68-48-32-16)104(66-46-30-14)120(132-122)84-82-118-102(64-44-28-12)100(62-42-26-10)116(130-118)80-78-114-98(60-40-24-8)96(58-38-22-6)112(128-114)76-74-110-94(56-36-20-4)92(54-34-18-2)108(126-110)72-70-90-52-50-88-124-90/h49-52,69-88H,17-48,53-68H2,1-16H3/b71-69+,72-70+,75-73+,76-74+,79-77+,80-78+,83-81+,84-82+,86-85+. The normalized spacial score (nSPS) is 12.5. The summed E-state index contributed by atoms with van der Waals surface area (Å²) in [5, 5.41) is 4.41. The predicted octanol–water partition coefficient (Wildman–Crippen LogP) is 43.3. The van der Waals surface area contributed by atoms with Crippen molar-refractivity contribution in [2.45, 2.75) is 419 Å². The van der Waals surface area contributed by atoms with E-state index in [0.29, 0.717) is 0 Å². The van der Waals surface area contributed by atoms with Crippen LogP contribution in [0.4, 0.5) is 0 Å². The molecule has 10 aromatic heterocycles. The molecule has 0 unspecified atom stereocenters. The number of hydrogen-bond acceptors (Lipinski definition) is 10. The summed E-state index contributed by atoms with van der Waals surface area (Å²) in [5.41, 5.74) is 25.8. The van der Waals surface area contributed by atoms with Gasteiger partial charge in [-0.25, -0.2) is 0 Å². The first-order valence-corrected chi connectivity index (χ1v) is 61.5. The van der Waals surface area contributed by atoms with Crippen LogP contribution in [0.1, 0.15) is 493 Å². The van der Waals surface area contributed by atoms with E-state index >= 15 is 0 Å². The summed E-state index contributed by atoms with van der Waals surface area (Å²) >= 11 is 20.3. The van der Waals surface area contributed by atoms with Gasteiger partial charge in [0.1, 0.15) is 0 Å². The van der Waals surface area contributed by atoms with E-state index in [2.05, 4.69) is 323 Å². The molecule has 716 valence electrons. The molecule has 0 nitrogen and oxygen atoms in total. The second kappa shape index (κ2) is 61.2. The van der Waals surface area contributed by atoms with Gasteiger partial charge in [0, 0.05) is 87.8 Å². The van der Waals surface area contributed by atoms with Gasteiger partial charge in [-0.1, -0.05) is 226 Å². The average molecular weight is 1960 g/mol. The first-order valence-electron chi connectivity index (χ1n) is 53.2. The quantitative estimate of drug-likeness (QED) is 0.0356. The van der Waals surface area contributed by atoms with Crippen LogP contribution in [0, 0.1) is 0 Å². The average Bonchev–Trinajstić information content (AvgIpc) is 1.64. The van der Waals surface area contributed by atoms with Crippen molar-refractivity contribution in [3.63, 3.8) is 0 Å². The van der Waals surface area contributed by atoms with Crippen LogP contribution in [0.15, 0.2) is 35.0 Å². The van der Waals surface area contributed by atoms with Gasteiger partial charge < -0.3 is 0 Å². The van der Waals surface area contributed by atoms with Gasteiger partial charge >= 0.3 is 0 Å². The van der Waals surface area contributed by atoms with Gasteiger partial charge in [-0.05, 0) is 427 Å². The summed E-state index contributed by atoms with van der Waals surface area (Å²) in [4.78, 5) is 26.4. The zero-order chi connectivity index (χ0) is 93.6. The van der Waals surface area contributed by atoms with Crippen molar-refractivity contribution >= 4 is 223 Å². The fourth-order valence-corrected chi connectivity index (χ4v) is 29.5. The molecule has 10 heterocycles. The largest absolute Gasteiger partial charge is 0.144 e. The van der Waals surface area contributed by atoms with E-state index in [0.717, 1.165) is 103 Å². The zero-order valence-electron chi connectivity index (χ0n) is 84.9. The van der Waals surface area contributed by atoms with Crippen molar-refractivity contribution in [3.05, 3.63) is 212 Å². The van der Waals surface area contributed by atoms with Gasteiger partial charge in [0.25, 0.3) is 0 Å². The van der Waals surface area contributed by atoms with Gasteiger partial charge in [-0.15, -0.1) is 113 Å². The van der Waals surface area contributed by atoms with Crippen LogP contribution in [0.3, 0.4) is 0 Å². The van der Waals surface area contributed by atoms with Crippen LogP contribution < -0.4 is 0 Å². The molecule has 132 heavy (non-hydrogen) atoms. The molecule has 0 N–H and O–H groups in total. The lowest BCUT2D eigenvalue weighted by Crippen LogP contribution is -1.96. The van der Waals surface area contributed by atoms with Crippen molar-refractivity contribution in [3.8, 4) is 0 Å². The lowest BCUT2D eigenvalue weighted by Gasteiger charge is -2.08. The minimum absolute atomic E-state index is 1.14. The molecule has 10 aromatic rings. The van der Waals surface area contributed by atoms with E-state index in [-0.39, 0.29) is 0 Å². The third-order valence-corrected chi connectivity index (χ3v) is 37.8. The number of rotatable bonds is 66. The smallest absolute Gasteiger partial charge is 0.0312 e. The summed E-state index contributed by atoms with van der Waals surface area (Å²) < 4.78 is 0. The molecule has 10 heteroatoms. The maximum absolute atomic E-state index is 2.62. The lowest BCUT2D eigenvalue weighted by atomic mass is 9.95. The van der Waals surface area contributed by atoms with Gasteiger partial charge in [0.05, 0.1) is 0 Å². The molecular weight excluding hydrogens is 1790 g/mol. The van der Waals surface area contributed by atoms with Crippen molar-refractivity contribution in [1.82, 2.24) is 0 Å². The van der Waals surface area contributed by atoms with Crippen molar-refractivity contribution in [2.24, 2.45) is 0 Å². The third kappa shape index (κ3) is 31.6. The Morgan fingerprint density at radius 2 is 0.242 bits per heavy atom. The Kier molecular flexibility index (Phi) is 50.4. The molecule has 0 bridgehead atoms. The predicted molar refractivity (Wildman–Crippen MR) is 621 cm³/mol. The summed E-state index contributed by atoms with van der Waals surface area (Å²) in [6, 6.07) is 8.87. The number of thiophene rings is 10. The first kappa shape index (κ1) is 109. The highest BCUT2D eigenvalue weighted by Crippen LogP contribution is 2.46. The molecule has 0 amide bonds. The monoisotopic (exact) mass is 1950 g/mol. The second-order valence-electron chi connectivity index (χ2n) is 37.0. The molecule has 0 aromatic carbocycles. The van der Waals surface area contributed by atoms with Crippen molar-refractivity contribution in [2.75, 3.05) is 0 Å². The topological polar surface area (TPSA) is 0 Å². The van der Waals surface area contributed by atoms with Gasteiger partial charge in [0.15, 0.2) is 0 Å². The highest BCUT2D eigenvalue weighted by atomic mass is 32.1. The van der Waals surface area contributed by atoms with E-state index < -0.39 is 0 Å². The lowest BCUT2D eigenvalue weighted by molar-refractivity contribution is 0.760. The SMILES string of the molecule is CCCCc1c(/C=C/c2cccs2)sc(/C=C/c2sc(/C=C/c3sc(/C=C/c4sc(/C=C/c5sc(/C=C/c6sc(/C=C/c7sc(/C=C/c8sc(/C=C/c9cccs9)c(CCCC)c8CCCC)c(CCCC)c7CCCC)c(CCCC)c6CCCC)c(CCCC)c5CCCC)c(CCCC)c4CCCC)c(CCCC)c3CCCC)c(CCCC)c2CCCC)c1CCCC. The Morgan fingerprint density at radius 3 is 0.326 bits per heavy atom. The van der Waals surface area contributed by atoms with Gasteiger partial charge in [0.2, 0.25) is 0 Å². The van der Waals surface area contributed by atoms with E-state index in [9.17, 15) is 0 Å². The van der Waals surface area contributed by atoms with Crippen molar-refractivity contribution in [1.29, 1.82) is 0 Å². The molecule has 0 saturated heterocycles. The molecule has 0 atom stereocenters. The fourth-order valence-electron chi connectivity index (χ4n) is 18.7. The Hall–Kier alpha value is -5.34. The number of unbranched alkanes of at least 4 members (excludes halogenated alkanes) is 16. The second-order valence-corrected chi connectivity index (χ2v) is 47.6. The Labute approximate surface area is 845 Å². The van der Waals surface area contributed by atoms with Crippen LogP contribution >= 0.6 is 113 Å². The summed E-state index contributed by atoms with van der Waals surface area (Å²) in [5.74, 6) is 0. The van der Waals surface area contributed by atoms with Crippen molar-refractivity contribution < 1.29 is 0 Å². The molecular formula is C122H168S10. The highest BCUT2D eigenvalue weighted by Gasteiger charge is 2.26. The van der Waals surface area contributed by atoms with Crippen LogP contribution in [-0.2, 0) is 103 Å². The Bertz CT molecular complexity index is 4890. The number of hydrogen-bond donors (Lipinski definition) is 0. The van der Waals surface area contributed by atoms with Crippen LogP contribution in [0.25, 0.3) is 109 Å². The molecule has 0 spiro atoms.